The van der Waals surface area contributed by atoms with Gasteiger partial charge in [0, 0.05) is 12.8 Å². The summed E-state index contributed by atoms with van der Waals surface area (Å²) in [6.07, 6.45) is 94.3. The highest BCUT2D eigenvalue weighted by molar-refractivity contribution is 7.45. The highest BCUT2D eigenvalue weighted by atomic mass is 31.2. The maximum absolute atomic E-state index is 13.7. The maximum Gasteiger partial charge on any atom is 0.306 e. The number of quaternary nitrogens is 1. The highest BCUT2D eigenvalue weighted by Gasteiger charge is 2.27. The fourth-order valence-corrected chi connectivity index (χ4v) is 12.1. The Hall–Kier alpha value is -2.81. The Balaban J connectivity index is 4.99. The van der Waals surface area contributed by atoms with Crippen LogP contribution in [0.4, 0.5) is 0 Å². The summed E-state index contributed by atoms with van der Waals surface area (Å²) in [7, 11) is 1.19. The lowest BCUT2D eigenvalue weighted by molar-refractivity contribution is -0.870. The molecule has 0 aliphatic carbocycles. The zero-order valence-electron chi connectivity index (χ0n) is 60.8. The van der Waals surface area contributed by atoms with Gasteiger partial charge in [-0.05, 0) is 102 Å². The molecule has 0 heterocycles. The van der Waals surface area contributed by atoms with Crippen molar-refractivity contribution in [3.8, 4) is 0 Å². The Morgan fingerprint density at radius 1 is 0.396 bits per heavy atom. The van der Waals surface area contributed by atoms with Crippen molar-refractivity contribution in [1.82, 2.24) is 5.32 Å². The van der Waals surface area contributed by atoms with Gasteiger partial charge < -0.3 is 28.5 Å². The Morgan fingerprint density at radius 2 is 0.703 bits per heavy atom. The van der Waals surface area contributed by atoms with E-state index in [1.807, 2.05) is 33.3 Å². The van der Waals surface area contributed by atoms with Crippen molar-refractivity contribution in [2.75, 3.05) is 40.9 Å². The predicted molar refractivity (Wildman–Crippen MR) is 395 cm³/mol. The van der Waals surface area contributed by atoms with Gasteiger partial charge in [-0.25, -0.2) is 0 Å². The van der Waals surface area contributed by atoms with Crippen molar-refractivity contribution in [2.24, 2.45) is 0 Å². The molecular formula is C81H149N2O7P. The lowest BCUT2D eigenvalue weighted by Gasteiger charge is -2.30. The van der Waals surface area contributed by atoms with Crippen molar-refractivity contribution >= 4 is 19.7 Å². The molecule has 3 atom stereocenters. The maximum atomic E-state index is 13.7. The minimum absolute atomic E-state index is 0.0236. The van der Waals surface area contributed by atoms with E-state index in [9.17, 15) is 19.0 Å². The van der Waals surface area contributed by atoms with Crippen molar-refractivity contribution in [1.29, 1.82) is 0 Å². The third-order valence-electron chi connectivity index (χ3n) is 17.3. The SMILES string of the molecule is CC/C=C\C/C=C\C/C=C\C/C=C\C/C=C\CCCCCCCCCCCCCC(=O)OC(/C=C/CCCCCCCCCCCCC)C(COP(=O)([O-])OCC[N+](C)(C)C)NC(=O)CCCCCCCCCCCCCCCCC/C=C/CCCCCCCC. The van der Waals surface area contributed by atoms with E-state index in [4.69, 9.17) is 13.8 Å². The highest BCUT2D eigenvalue weighted by Crippen LogP contribution is 2.38. The standard InChI is InChI=1S/C81H149N2O7P/c1-7-10-13-16-19-22-25-28-30-32-34-36-38-40-41-43-45-47-49-51-53-56-59-62-65-68-71-74-81(85)90-79(72-69-66-63-60-57-54-27-24-21-18-15-12-9-3)78(77-89-91(86,87)88-76-75-83(4,5)6)82-80(84)73-70-67-64-61-58-55-52-50-48-46-44-42-39-37-35-33-31-29-26-23-20-17-14-11-8-2/h10,13,19,22,28-31,34,36,40-41,69,72,78-79H,7-9,11-12,14-18,20-21,23-27,32-33,35,37-39,42-68,70-71,73-77H2,1-6H3,(H-,82,84,86,87)/b13-10-,22-19-,30-28-,31-29+,36-34-,41-40-,72-69+. The number of carbonyl (C=O) groups excluding carboxylic acids is 2. The van der Waals surface area contributed by atoms with E-state index >= 15 is 0 Å². The number of phosphoric ester groups is 1. The summed E-state index contributed by atoms with van der Waals surface area (Å²) in [5.74, 6) is -0.531. The summed E-state index contributed by atoms with van der Waals surface area (Å²) < 4.78 is 30.6. The van der Waals surface area contributed by atoms with Crippen molar-refractivity contribution < 1.29 is 37.3 Å². The molecule has 91 heavy (non-hydrogen) atoms. The van der Waals surface area contributed by atoms with E-state index in [0.717, 1.165) is 89.9 Å². The number of esters is 1. The van der Waals surface area contributed by atoms with Crippen LogP contribution >= 0.6 is 7.82 Å². The van der Waals surface area contributed by atoms with Crippen LogP contribution < -0.4 is 10.2 Å². The van der Waals surface area contributed by atoms with Gasteiger partial charge in [0.2, 0.25) is 5.91 Å². The topological polar surface area (TPSA) is 114 Å². The van der Waals surface area contributed by atoms with E-state index in [0.29, 0.717) is 17.4 Å². The van der Waals surface area contributed by atoms with E-state index in [1.165, 1.54) is 244 Å². The zero-order chi connectivity index (χ0) is 66.3. The number of carbonyl (C=O) groups is 2. The molecule has 0 aliphatic heterocycles. The van der Waals surface area contributed by atoms with E-state index in [2.05, 4.69) is 99.0 Å². The summed E-state index contributed by atoms with van der Waals surface area (Å²) in [4.78, 5) is 40.3. The molecule has 0 aromatic heterocycles. The summed E-state index contributed by atoms with van der Waals surface area (Å²) in [6, 6.07) is -0.893. The minimum Gasteiger partial charge on any atom is -0.756 e. The molecule has 0 radical (unpaired) electrons. The number of likely N-dealkylation sites (N-methyl/N-ethyl adjacent to an activating group) is 1. The minimum atomic E-state index is -4.71. The van der Waals surface area contributed by atoms with Crippen LogP contribution in [0.2, 0.25) is 0 Å². The van der Waals surface area contributed by atoms with E-state index in [-0.39, 0.29) is 31.5 Å². The lowest BCUT2D eigenvalue weighted by Crippen LogP contribution is -2.47. The Morgan fingerprint density at radius 3 is 1.07 bits per heavy atom. The second-order valence-electron chi connectivity index (χ2n) is 27.5. The quantitative estimate of drug-likeness (QED) is 0.0212. The number of rotatable bonds is 71. The first-order valence-electron chi connectivity index (χ1n) is 38.9. The predicted octanol–water partition coefficient (Wildman–Crippen LogP) is 24.6. The van der Waals surface area contributed by atoms with Crippen LogP contribution in [0, 0.1) is 0 Å². The van der Waals surface area contributed by atoms with E-state index in [1.54, 1.807) is 0 Å². The zero-order valence-corrected chi connectivity index (χ0v) is 61.7. The summed E-state index contributed by atoms with van der Waals surface area (Å²) in [5.41, 5.74) is 0. The van der Waals surface area contributed by atoms with Gasteiger partial charge >= 0.3 is 5.97 Å². The molecule has 1 amide bonds. The molecule has 0 bridgehead atoms. The number of hydrogen-bond donors (Lipinski definition) is 1. The third-order valence-corrected chi connectivity index (χ3v) is 18.3. The molecular weight excluding hydrogens is 1140 g/mol. The average Bonchev–Trinajstić information content (AvgIpc) is 3.73. The number of nitrogens with zero attached hydrogens (tertiary/aromatic N) is 1. The number of allylic oxidation sites excluding steroid dienone is 13. The van der Waals surface area contributed by atoms with Crippen LogP contribution in [-0.4, -0.2) is 69.4 Å². The normalized spacial score (nSPS) is 13.9. The molecule has 0 aliphatic rings. The van der Waals surface area contributed by atoms with Gasteiger partial charge in [-0.3, -0.25) is 14.2 Å². The van der Waals surface area contributed by atoms with Gasteiger partial charge in [0.05, 0.1) is 33.8 Å². The molecule has 3 unspecified atom stereocenters. The van der Waals surface area contributed by atoms with E-state index < -0.39 is 20.0 Å². The number of phosphoric acid groups is 1. The first-order chi connectivity index (χ1) is 44.4. The average molecular weight is 1290 g/mol. The molecule has 530 valence electrons. The van der Waals surface area contributed by atoms with Crippen LogP contribution in [0.1, 0.15) is 367 Å². The Kier molecular flexibility index (Phi) is 67.8. The molecule has 10 heteroatoms. The van der Waals surface area contributed by atoms with Crippen LogP contribution in [0.25, 0.3) is 0 Å². The number of amides is 1. The van der Waals surface area contributed by atoms with Crippen LogP contribution in [0.15, 0.2) is 85.1 Å². The molecule has 9 nitrogen and oxygen atoms in total. The molecule has 0 aromatic carbocycles. The molecule has 0 fully saturated rings. The van der Waals surface area contributed by atoms with Gasteiger partial charge in [-0.1, -0.05) is 337 Å². The first-order valence-corrected chi connectivity index (χ1v) is 40.4. The van der Waals surface area contributed by atoms with Gasteiger partial charge in [-0.2, -0.15) is 0 Å². The molecule has 0 spiro atoms. The van der Waals surface area contributed by atoms with Crippen LogP contribution in [-0.2, 0) is 27.9 Å². The fraction of sp³-hybridized carbons (Fsp3) is 0.802. The number of nitrogens with one attached hydrogen (secondary N) is 1. The summed E-state index contributed by atoms with van der Waals surface area (Å²) in [6.45, 7) is 6.78. The second kappa shape index (κ2) is 70.0. The Bertz CT molecular complexity index is 1830. The smallest absolute Gasteiger partial charge is 0.306 e. The van der Waals surface area contributed by atoms with Crippen LogP contribution in [0.5, 0.6) is 0 Å². The second-order valence-corrected chi connectivity index (χ2v) is 28.9. The fourth-order valence-electron chi connectivity index (χ4n) is 11.4. The first kappa shape index (κ1) is 88.2. The van der Waals surface area contributed by atoms with Crippen molar-refractivity contribution in [3.63, 3.8) is 0 Å². The molecule has 0 aromatic rings. The van der Waals surface area contributed by atoms with Gasteiger partial charge in [0.1, 0.15) is 19.3 Å². The molecule has 0 saturated heterocycles. The lowest BCUT2D eigenvalue weighted by atomic mass is 10.0. The number of hydrogen-bond acceptors (Lipinski definition) is 7. The van der Waals surface area contributed by atoms with Gasteiger partial charge in [-0.15, -0.1) is 0 Å². The molecule has 0 rings (SSSR count). The summed E-state index contributed by atoms with van der Waals surface area (Å²) in [5, 5.41) is 3.06. The number of ether oxygens (including phenoxy) is 1. The molecule has 0 saturated carbocycles. The number of unbranched alkanes of at least 4 members (excludes halogenated alkanes) is 43. The van der Waals surface area contributed by atoms with Gasteiger partial charge in [0.15, 0.2) is 0 Å². The third kappa shape index (κ3) is 71.3. The summed E-state index contributed by atoms with van der Waals surface area (Å²) >= 11 is 0. The molecule has 1 N–H and O–H groups in total. The van der Waals surface area contributed by atoms with Crippen molar-refractivity contribution in [3.05, 3.63) is 85.1 Å². The van der Waals surface area contributed by atoms with Crippen molar-refractivity contribution in [2.45, 2.75) is 380 Å². The monoisotopic (exact) mass is 1290 g/mol. The largest absolute Gasteiger partial charge is 0.756 e. The van der Waals surface area contributed by atoms with Gasteiger partial charge in [0.25, 0.3) is 7.82 Å². The van der Waals surface area contributed by atoms with Crippen LogP contribution in [0.3, 0.4) is 0 Å². The Labute approximate surface area is 565 Å².